The lowest BCUT2D eigenvalue weighted by Gasteiger charge is -2.24. The molecule has 2 rings (SSSR count). The minimum atomic E-state index is -0.245. The first-order valence-corrected chi connectivity index (χ1v) is 7.29. The molecule has 0 bridgehead atoms. The first-order valence-electron chi connectivity index (χ1n) is 7.29. The van der Waals surface area contributed by atoms with Crippen molar-refractivity contribution in [2.45, 2.75) is 39.0 Å². The molecule has 0 spiro atoms. The molecule has 0 fully saturated rings. The Kier molecular flexibility index (Phi) is 5.48. The van der Waals surface area contributed by atoms with Crippen molar-refractivity contribution in [3.8, 4) is 0 Å². The molecule has 0 amide bonds. The third kappa shape index (κ3) is 4.13. The van der Waals surface area contributed by atoms with E-state index in [0.717, 1.165) is 12.0 Å². The van der Waals surface area contributed by atoms with E-state index in [1.807, 2.05) is 44.2 Å². The summed E-state index contributed by atoms with van der Waals surface area (Å²) in [5.41, 5.74) is 8.95. The summed E-state index contributed by atoms with van der Waals surface area (Å²) in [7, 11) is 0. The van der Waals surface area contributed by atoms with Crippen LogP contribution in [-0.4, -0.2) is 6.04 Å². The summed E-state index contributed by atoms with van der Waals surface area (Å²) in [5, 5.41) is 0. The van der Waals surface area contributed by atoms with Gasteiger partial charge < -0.3 is 10.5 Å². The summed E-state index contributed by atoms with van der Waals surface area (Å²) in [4.78, 5) is 0. The normalized spacial score (nSPS) is 13.9. The van der Waals surface area contributed by atoms with Gasteiger partial charge in [-0.05, 0) is 25.0 Å². The van der Waals surface area contributed by atoms with Crippen molar-refractivity contribution in [2.75, 3.05) is 0 Å². The predicted molar refractivity (Wildman–Crippen MR) is 83.4 cm³/mol. The first kappa shape index (κ1) is 15.7. The van der Waals surface area contributed by atoms with Gasteiger partial charge in [0.2, 0.25) is 0 Å². The average Bonchev–Trinajstić information content (AvgIpc) is 2.50. The van der Waals surface area contributed by atoms with Crippen LogP contribution in [0.3, 0.4) is 0 Å². The fourth-order valence-electron chi connectivity index (χ4n) is 2.23. The number of benzene rings is 2. The van der Waals surface area contributed by atoms with Gasteiger partial charge in [-0.15, -0.1) is 0 Å². The van der Waals surface area contributed by atoms with Gasteiger partial charge in [0, 0.05) is 11.6 Å². The number of ether oxygens (including phenoxy) is 1. The monoisotopic (exact) mass is 287 g/mol. The van der Waals surface area contributed by atoms with Crippen molar-refractivity contribution in [1.82, 2.24) is 0 Å². The van der Waals surface area contributed by atoms with Gasteiger partial charge in [-0.2, -0.15) is 0 Å². The van der Waals surface area contributed by atoms with Crippen LogP contribution in [0.1, 0.15) is 36.1 Å². The summed E-state index contributed by atoms with van der Waals surface area (Å²) in [6, 6.07) is 14.7. The van der Waals surface area contributed by atoms with Crippen LogP contribution >= 0.6 is 0 Å². The fourth-order valence-corrected chi connectivity index (χ4v) is 2.23. The van der Waals surface area contributed by atoms with E-state index in [9.17, 15) is 4.39 Å². The van der Waals surface area contributed by atoms with Gasteiger partial charge in [-0.3, -0.25) is 0 Å². The van der Waals surface area contributed by atoms with Gasteiger partial charge in [0.05, 0.1) is 12.7 Å². The van der Waals surface area contributed by atoms with Crippen LogP contribution in [0.2, 0.25) is 0 Å². The summed E-state index contributed by atoms with van der Waals surface area (Å²) >= 11 is 0. The Hall–Kier alpha value is -1.71. The zero-order chi connectivity index (χ0) is 15.2. The molecule has 2 nitrogen and oxygen atoms in total. The van der Waals surface area contributed by atoms with Crippen molar-refractivity contribution in [3.05, 3.63) is 71.0 Å². The van der Waals surface area contributed by atoms with Crippen molar-refractivity contribution in [2.24, 2.45) is 5.73 Å². The van der Waals surface area contributed by atoms with Gasteiger partial charge in [0.25, 0.3) is 0 Å². The Morgan fingerprint density at radius 1 is 1.10 bits per heavy atom. The predicted octanol–water partition coefficient (Wildman–Crippen LogP) is 4.13. The zero-order valence-electron chi connectivity index (χ0n) is 12.6. The van der Waals surface area contributed by atoms with E-state index < -0.39 is 0 Å². The van der Waals surface area contributed by atoms with E-state index in [1.54, 1.807) is 12.1 Å². The third-order valence-corrected chi connectivity index (χ3v) is 3.64. The highest BCUT2D eigenvalue weighted by atomic mass is 19.1. The maximum Gasteiger partial charge on any atom is 0.128 e. The highest BCUT2D eigenvalue weighted by Crippen LogP contribution is 2.24. The Balaban J connectivity index is 2.14. The molecule has 3 heteroatoms. The zero-order valence-corrected chi connectivity index (χ0v) is 12.6. The molecule has 2 atom stereocenters. The van der Waals surface area contributed by atoms with E-state index in [-0.39, 0.29) is 24.6 Å². The van der Waals surface area contributed by atoms with Crippen molar-refractivity contribution >= 4 is 0 Å². The summed E-state index contributed by atoms with van der Waals surface area (Å²) in [5.74, 6) is -0.245. The second-order valence-corrected chi connectivity index (χ2v) is 5.31. The standard InChI is InChI=1S/C18H22FNO/c1-3-17(20)18(14-10-8-13(2)9-11-14)21-12-15-6-4-5-7-16(15)19/h4-11,17-18H,3,12,20H2,1-2H3. The van der Waals surface area contributed by atoms with E-state index in [1.165, 1.54) is 11.6 Å². The quantitative estimate of drug-likeness (QED) is 0.867. The molecule has 0 saturated heterocycles. The highest BCUT2D eigenvalue weighted by Gasteiger charge is 2.19. The average molecular weight is 287 g/mol. The first-order chi connectivity index (χ1) is 10.1. The Labute approximate surface area is 125 Å². The van der Waals surface area contributed by atoms with Crippen LogP contribution in [0.25, 0.3) is 0 Å². The van der Waals surface area contributed by atoms with Gasteiger partial charge in [-0.25, -0.2) is 4.39 Å². The molecular weight excluding hydrogens is 265 g/mol. The van der Waals surface area contributed by atoms with E-state index >= 15 is 0 Å². The topological polar surface area (TPSA) is 35.2 Å². The second-order valence-electron chi connectivity index (χ2n) is 5.31. The van der Waals surface area contributed by atoms with E-state index in [0.29, 0.717) is 5.56 Å². The van der Waals surface area contributed by atoms with Crippen molar-refractivity contribution < 1.29 is 9.13 Å². The Morgan fingerprint density at radius 2 is 1.76 bits per heavy atom. The minimum absolute atomic E-state index is 0.112. The molecule has 2 aromatic carbocycles. The number of hydrogen-bond acceptors (Lipinski definition) is 2. The molecule has 0 aromatic heterocycles. The maximum absolute atomic E-state index is 13.7. The van der Waals surface area contributed by atoms with Crippen LogP contribution < -0.4 is 5.73 Å². The fraction of sp³-hybridized carbons (Fsp3) is 0.333. The van der Waals surface area contributed by atoms with Crippen molar-refractivity contribution in [3.63, 3.8) is 0 Å². The third-order valence-electron chi connectivity index (χ3n) is 3.64. The number of nitrogens with two attached hydrogens (primary N) is 1. The maximum atomic E-state index is 13.7. The smallest absolute Gasteiger partial charge is 0.128 e. The van der Waals surface area contributed by atoms with Crippen LogP contribution in [0.5, 0.6) is 0 Å². The molecule has 0 aliphatic heterocycles. The molecule has 2 N–H and O–H groups in total. The SMILES string of the molecule is CCC(N)C(OCc1ccccc1F)c1ccc(C)cc1. The lowest BCUT2D eigenvalue weighted by atomic mass is 10.00. The molecule has 21 heavy (non-hydrogen) atoms. The molecule has 0 saturated carbocycles. The lowest BCUT2D eigenvalue weighted by Crippen LogP contribution is -2.29. The molecule has 0 aliphatic carbocycles. The molecule has 112 valence electrons. The van der Waals surface area contributed by atoms with Gasteiger partial charge >= 0.3 is 0 Å². The lowest BCUT2D eigenvalue weighted by molar-refractivity contribution is 0.0199. The van der Waals surface area contributed by atoms with Crippen LogP contribution in [0.4, 0.5) is 4.39 Å². The summed E-state index contributed by atoms with van der Waals surface area (Å²) < 4.78 is 19.6. The molecule has 2 unspecified atom stereocenters. The Bertz CT molecular complexity index is 568. The van der Waals surface area contributed by atoms with Gasteiger partial charge in [-0.1, -0.05) is 55.0 Å². The minimum Gasteiger partial charge on any atom is -0.367 e. The van der Waals surface area contributed by atoms with E-state index in [4.69, 9.17) is 10.5 Å². The molecule has 0 aliphatic rings. The second kappa shape index (κ2) is 7.34. The summed E-state index contributed by atoms with van der Waals surface area (Å²) in [6.07, 6.45) is 0.575. The number of aryl methyl sites for hydroxylation is 1. The van der Waals surface area contributed by atoms with E-state index in [2.05, 4.69) is 0 Å². The molecule has 0 radical (unpaired) electrons. The van der Waals surface area contributed by atoms with Crippen LogP contribution in [0, 0.1) is 12.7 Å². The molecular formula is C18H22FNO. The molecule has 0 heterocycles. The Morgan fingerprint density at radius 3 is 2.38 bits per heavy atom. The van der Waals surface area contributed by atoms with Gasteiger partial charge in [0.15, 0.2) is 0 Å². The molecule has 2 aromatic rings. The largest absolute Gasteiger partial charge is 0.367 e. The number of rotatable bonds is 6. The van der Waals surface area contributed by atoms with Gasteiger partial charge in [0.1, 0.15) is 5.82 Å². The van der Waals surface area contributed by atoms with Crippen LogP contribution in [-0.2, 0) is 11.3 Å². The highest BCUT2D eigenvalue weighted by molar-refractivity contribution is 5.24. The van der Waals surface area contributed by atoms with Crippen LogP contribution in [0.15, 0.2) is 48.5 Å². The summed E-state index contributed by atoms with van der Waals surface area (Å²) in [6.45, 7) is 4.29. The number of hydrogen-bond donors (Lipinski definition) is 1. The number of halogens is 1. The van der Waals surface area contributed by atoms with Crippen molar-refractivity contribution in [1.29, 1.82) is 0 Å².